The molecule has 3 rings (SSSR count). The van der Waals surface area contributed by atoms with Gasteiger partial charge in [0, 0.05) is 18.8 Å². The summed E-state index contributed by atoms with van der Waals surface area (Å²) in [5, 5.41) is 10.0. The number of thioether (sulfide) groups is 1. The van der Waals surface area contributed by atoms with Crippen LogP contribution in [0.15, 0.2) is 34.2 Å². The van der Waals surface area contributed by atoms with Crippen molar-refractivity contribution < 1.29 is 4.74 Å². The lowest BCUT2D eigenvalue weighted by Crippen LogP contribution is -2.28. The van der Waals surface area contributed by atoms with Crippen molar-refractivity contribution in [1.29, 1.82) is 5.26 Å². The van der Waals surface area contributed by atoms with Crippen LogP contribution in [0.25, 0.3) is 10.9 Å². The summed E-state index contributed by atoms with van der Waals surface area (Å²) in [5.74, 6) is 0.782. The number of hydrogen-bond donors (Lipinski definition) is 0. The van der Waals surface area contributed by atoms with Crippen LogP contribution in [-0.2, 0) is 11.3 Å². The molecule has 1 aliphatic rings. The number of para-hydroxylation sites is 1. The molecular weight excluding hydrogens is 310 g/mol. The third-order valence-corrected chi connectivity index (χ3v) is 4.96. The van der Waals surface area contributed by atoms with E-state index in [-0.39, 0.29) is 11.7 Å². The number of aromatic nitrogens is 2. The Kier molecular flexibility index (Phi) is 5.31. The van der Waals surface area contributed by atoms with Crippen molar-refractivity contribution in [1.82, 2.24) is 9.55 Å². The number of nitrogens with zero attached hydrogens (tertiary/aromatic N) is 3. The first kappa shape index (κ1) is 16.0. The van der Waals surface area contributed by atoms with Gasteiger partial charge >= 0.3 is 0 Å². The van der Waals surface area contributed by atoms with Gasteiger partial charge in [-0.05, 0) is 31.4 Å². The molecule has 1 aromatic heterocycles. The molecular formula is C17H19N3O2S. The lowest BCUT2D eigenvalue weighted by molar-refractivity contribution is 0.0937. The molecule has 0 aliphatic carbocycles. The maximum absolute atomic E-state index is 12.8. The Morgan fingerprint density at radius 3 is 3.09 bits per heavy atom. The van der Waals surface area contributed by atoms with Crippen molar-refractivity contribution in [3.8, 4) is 6.07 Å². The molecule has 0 saturated carbocycles. The molecule has 0 N–H and O–H groups in total. The second kappa shape index (κ2) is 7.62. The van der Waals surface area contributed by atoms with Crippen LogP contribution < -0.4 is 5.56 Å². The van der Waals surface area contributed by atoms with Crippen LogP contribution in [0.5, 0.6) is 0 Å². The van der Waals surface area contributed by atoms with Crippen LogP contribution in [0.3, 0.4) is 0 Å². The van der Waals surface area contributed by atoms with Crippen LogP contribution in [-0.4, -0.2) is 28.0 Å². The predicted octanol–water partition coefficient (Wildman–Crippen LogP) is 2.97. The van der Waals surface area contributed by atoms with Gasteiger partial charge in [0.15, 0.2) is 5.16 Å². The molecule has 0 bridgehead atoms. The molecule has 23 heavy (non-hydrogen) atoms. The smallest absolute Gasteiger partial charge is 0.262 e. The third-order valence-electron chi connectivity index (χ3n) is 3.90. The number of benzene rings is 1. The molecule has 1 aliphatic heterocycles. The first-order valence-electron chi connectivity index (χ1n) is 7.90. The third kappa shape index (κ3) is 3.74. The van der Waals surface area contributed by atoms with Gasteiger partial charge in [-0.15, -0.1) is 0 Å². The van der Waals surface area contributed by atoms with Gasteiger partial charge in [0.1, 0.15) is 0 Å². The maximum atomic E-state index is 12.8. The normalized spacial score (nSPS) is 17.4. The van der Waals surface area contributed by atoms with Gasteiger partial charge < -0.3 is 4.74 Å². The van der Waals surface area contributed by atoms with Gasteiger partial charge in [-0.3, -0.25) is 9.36 Å². The highest BCUT2D eigenvalue weighted by atomic mass is 32.2. The molecule has 2 aromatic rings. The zero-order valence-electron chi connectivity index (χ0n) is 12.9. The first-order valence-corrected chi connectivity index (χ1v) is 8.89. The van der Waals surface area contributed by atoms with Crippen LogP contribution >= 0.6 is 11.8 Å². The van der Waals surface area contributed by atoms with Crippen molar-refractivity contribution in [2.75, 3.05) is 12.4 Å². The Morgan fingerprint density at radius 1 is 1.43 bits per heavy atom. The fraction of sp³-hybridized carbons (Fsp3) is 0.471. The number of nitriles is 1. The number of unbranched alkanes of at least 4 members (excludes halogenated alkanes) is 1. The lowest BCUT2D eigenvalue weighted by atomic mass is 10.2. The second-order valence-electron chi connectivity index (χ2n) is 5.57. The van der Waals surface area contributed by atoms with Crippen LogP contribution in [0.4, 0.5) is 0 Å². The molecule has 0 spiro atoms. The molecule has 1 fully saturated rings. The van der Waals surface area contributed by atoms with Crippen molar-refractivity contribution >= 4 is 22.7 Å². The highest BCUT2D eigenvalue weighted by molar-refractivity contribution is 7.99. The summed E-state index contributed by atoms with van der Waals surface area (Å²) in [6, 6.07) is 9.59. The standard InChI is InChI=1S/C17H19N3O2S/c18-9-3-4-11-23-17-19-15-8-2-1-7-14(15)16(21)20(17)12-13-6-5-10-22-13/h1-2,7-8,13H,3-6,10-12H2. The summed E-state index contributed by atoms with van der Waals surface area (Å²) in [6.07, 6.45) is 3.44. The van der Waals surface area contributed by atoms with E-state index in [2.05, 4.69) is 11.1 Å². The average Bonchev–Trinajstić information content (AvgIpc) is 3.08. The van der Waals surface area contributed by atoms with Gasteiger partial charge in [-0.2, -0.15) is 5.26 Å². The van der Waals surface area contributed by atoms with Gasteiger partial charge in [-0.1, -0.05) is 23.9 Å². The van der Waals surface area contributed by atoms with Crippen molar-refractivity contribution in [2.45, 2.75) is 43.5 Å². The topological polar surface area (TPSA) is 67.9 Å². The zero-order valence-corrected chi connectivity index (χ0v) is 13.7. The molecule has 0 amide bonds. The molecule has 0 radical (unpaired) electrons. The quantitative estimate of drug-likeness (QED) is 0.463. The van der Waals surface area contributed by atoms with E-state index >= 15 is 0 Å². The fourth-order valence-electron chi connectivity index (χ4n) is 2.73. The van der Waals surface area contributed by atoms with E-state index in [1.54, 1.807) is 16.3 Å². The molecule has 2 heterocycles. The predicted molar refractivity (Wildman–Crippen MR) is 90.5 cm³/mol. The van der Waals surface area contributed by atoms with Crippen molar-refractivity contribution in [2.24, 2.45) is 0 Å². The van der Waals surface area contributed by atoms with Gasteiger partial charge in [0.25, 0.3) is 5.56 Å². The zero-order chi connectivity index (χ0) is 16.1. The SMILES string of the molecule is N#CCCCSc1nc2ccccc2c(=O)n1CC1CCCO1. The van der Waals surface area contributed by atoms with Gasteiger partial charge in [-0.25, -0.2) is 4.98 Å². The van der Waals surface area contributed by atoms with Crippen LogP contribution in [0, 0.1) is 11.3 Å². The Bertz CT molecular complexity index is 775. The van der Waals surface area contributed by atoms with Gasteiger partial charge in [0.2, 0.25) is 0 Å². The Hall–Kier alpha value is -1.84. The fourth-order valence-corrected chi connectivity index (χ4v) is 3.67. The maximum Gasteiger partial charge on any atom is 0.262 e. The average molecular weight is 329 g/mol. The molecule has 1 saturated heterocycles. The van der Waals surface area contributed by atoms with E-state index in [1.165, 1.54) is 0 Å². The molecule has 6 heteroatoms. The number of rotatable bonds is 6. The summed E-state index contributed by atoms with van der Waals surface area (Å²) >= 11 is 1.54. The molecule has 5 nitrogen and oxygen atoms in total. The summed E-state index contributed by atoms with van der Waals surface area (Å²) in [7, 11) is 0. The number of hydrogen-bond acceptors (Lipinski definition) is 5. The Morgan fingerprint density at radius 2 is 2.30 bits per heavy atom. The summed E-state index contributed by atoms with van der Waals surface area (Å²) in [6.45, 7) is 1.32. The Labute approximate surface area is 139 Å². The van der Waals surface area contributed by atoms with E-state index < -0.39 is 0 Å². The Balaban J connectivity index is 1.93. The highest BCUT2D eigenvalue weighted by Gasteiger charge is 2.20. The number of ether oxygens (including phenoxy) is 1. The van der Waals surface area contributed by atoms with E-state index in [1.807, 2.05) is 24.3 Å². The van der Waals surface area contributed by atoms with E-state index in [0.29, 0.717) is 18.4 Å². The summed E-state index contributed by atoms with van der Waals surface area (Å²) in [4.78, 5) is 17.5. The molecule has 1 atom stereocenters. The number of fused-ring (bicyclic) bond motifs is 1. The van der Waals surface area contributed by atoms with E-state index in [0.717, 1.165) is 42.3 Å². The lowest BCUT2D eigenvalue weighted by Gasteiger charge is -2.16. The van der Waals surface area contributed by atoms with Crippen molar-refractivity contribution in [3.63, 3.8) is 0 Å². The monoisotopic (exact) mass is 329 g/mol. The van der Waals surface area contributed by atoms with E-state index in [9.17, 15) is 4.79 Å². The van der Waals surface area contributed by atoms with Crippen LogP contribution in [0.1, 0.15) is 25.7 Å². The second-order valence-corrected chi connectivity index (χ2v) is 6.63. The highest BCUT2D eigenvalue weighted by Crippen LogP contribution is 2.21. The molecule has 1 unspecified atom stereocenters. The van der Waals surface area contributed by atoms with Gasteiger partial charge in [0.05, 0.1) is 29.6 Å². The van der Waals surface area contributed by atoms with E-state index in [4.69, 9.17) is 10.00 Å². The van der Waals surface area contributed by atoms with Crippen molar-refractivity contribution in [3.05, 3.63) is 34.6 Å². The molecule has 120 valence electrons. The minimum atomic E-state index is -0.00566. The minimum absolute atomic E-state index is 0.00566. The largest absolute Gasteiger partial charge is 0.376 e. The summed E-state index contributed by atoms with van der Waals surface area (Å²) in [5.41, 5.74) is 0.720. The summed E-state index contributed by atoms with van der Waals surface area (Å²) < 4.78 is 7.43. The van der Waals surface area contributed by atoms with Crippen LogP contribution in [0.2, 0.25) is 0 Å². The first-order chi connectivity index (χ1) is 11.3. The molecule has 1 aromatic carbocycles. The minimum Gasteiger partial charge on any atom is -0.376 e.